The predicted octanol–water partition coefficient (Wildman–Crippen LogP) is 7.17. The zero-order valence-electron chi connectivity index (χ0n) is 19.2. The molecule has 1 aliphatic carbocycles. The van der Waals surface area contributed by atoms with Crippen molar-refractivity contribution >= 4 is 11.6 Å². The number of carbonyl (C=O) groups is 1. The quantitative estimate of drug-likeness (QED) is 0.389. The van der Waals surface area contributed by atoms with E-state index in [0.717, 1.165) is 11.1 Å². The van der Waals surface area contributed by atoms with Gasteiger partial charge in [-0.15, -0.1) is 0 Å². The monoisotopic (exact) mass is 405 g/mol. The molecular weight excluding hydrogens is 370 g/mol. The minimum atomic E-state index is -0.219. The molecule has 1 amide bonds. The summed E-state index contributed by atoms with van der Waals surface area (Å²) in [6.45, 7) is 12.7. The highest BCUT2D eigenvalue weighted by Crippen LogP contribution is 2.40. The molecule has 0 aliphatic heterocycles. The molecule has 0 radical (unpaired) electrons. The fourth-order valence-corrected chi connectivity index (χ4v) is 3.75. The molecule has 3 nitrogen and oxygen atoms in total. The summed E-state index contributed by atoms with van der Waals surface area (Å²) >= 11 is 0. The predicted molar refractivity (Wildman–Crippen MR) is 128 cm³/mol. The maximum atomic E-state index is 12.2. The molecule has 2 N–H and O–H groups in total. The lowest BCUT2D eigenvalue weighted by molar-refractivity contribution is -0.111. The van der Waals surface area contributed by atoms with Crippen molar-refractivity contribution < 1.29 is 9.90 Å². The number of rotatable bonds is 6. The van der Waals surface area contributed by atoms with Gasteiger partial charge in [0.25, 0.3) is 0 Å². The number of benzene rings is 1. The van der Waals surface area contributed by atoms with E-state index in [1.807, 2.05) is 26.0 Å². The minimum Gasteiger partial charge on any atom is -0.508 e. The van der Waals surface area contributed by atoms with Crippen LogP contribution >= 0.6 is 0 Å². The molecule has 0 atom stereocenters. The summed E-state index contributed by atoms with van der Waals surface area (Å²) in [6.07, 6.45) is 15.6. The average Bonchev–Trinajstić information content (AvgIpc) is 2.63. The third-order valence-electron chi connectivity index (χ3n) is 5.61. The molecule has 1 aromatic carbocycles. The Hall–Kier alpha value is -2.81. The van der Waals surface area contributed by atoms with Crippen LogP contribution in [-0.4, -0.2) is 11.0 Å². The molecule has 0 saturated carbocycles. The maximum Gasteiger partial charge on any atom is 0.248 e. The highest BCUT2D eigenvalue weighted by Gasteiger charge is 2.26. The molecule has 2 rings (SSSR count). The molecule has 1 aliphatic rings. The molecule has 3 heteroatoms. The van der Waals surface area contributed by atoms with Crippen LogP contribution in [0.5, 0.6) is 5.75 Å². The molecule has 0 unspecified atom stereocenters. The van der Waals surface area contributed by atoms with Gasteiger partial charge < -0.3 is 10.4 Å². The van der Waals surface area contributed by atoms with Crippen LogP contribution in [0.1, 0.15) is 59.4 Å². The van der Waals surface area contributed by atoms with E-state index in [0.29, 0.717) is 5.69 Å². The number of aryl methyl sites for hydroxylation is 1. The molecule has 0 heterocycles. The minimum absolute atomic E-state index is 0.171. The van der Waals surface area contributed by atoms with Gasteiger partial charge in [0.15, 0.2) is 0 Å². The van der Waals surface area contributed by atoms with E-state index in [9.17, 15) is 9.90 Å². The van der Waals surface area contributed by atoms with Gasteiger partial charge in [-0.05, 0) is 75.1 Å². The Bertz CT molecular complexity index is 940. The SMILES string of the molecule is CC1=C(/C=C/C(C)=C/C=C/C(C)=C/C(=O)Nc2ccc(C)c(O)c2)C(C)(C)CCC1. The topological polar surface area (TPSA) is 49.3 Å². The Morgan fingerprint density at radius 1 is 1.13 bits per heavy atom. The van der Waals surface area contributed by atoms with Gasteiger partial charge in [-0.25, -0.2) is 0 Å². The Balaban J connectivity index is 1.97. The Morgan fingerprint density at radius 3 is 2.53 bits per heavy atom. The van der Waals surface area contributed by atoms with Gasteiger partial charge in [0.2, 0.25) is 5.91 Å². The highest BCUT2D eigenvalue weighted by atomic mass is 16.3. The number of phenols is 1. The van der Waals surface area contributed by atoms with Crippen molar-refractivity contribution in [3.8, 4) is 5.75 Å². The number of phenolic OH excluding ortho intramolecular Hbond substituents is 1. The van der Waals surface area contributed by atoms with Crippen LogP contribution in [0.3, 0.4) is 0 Å². The second-order valence-electron chi connectivity index (χ2n) is 8.91. The van der Waals surface area contributed by atoms with Crippen molar-refractivity contribution in [2.24, 2.45) is 5.41 Å². The summed E-state index contributed by atoms with van der Waals surface area (Å²) in [4.78, 5) is 12.2. The first kappa shape index (κ1) is 23.5. The van der Waals surface area contributed by atoms with E-state index < -0.39 is 0 Å². The molecule has 30 heavy (non-hydrogen) atoms. The number of aromatic hydroxyl groups is 1. The molecule has 0 saturated heterocycles. The standard InChI is InChI=1S/C27H35NO2/c1-19(12-15-24-21(3)11-8-16-27(24,5)6)9-7-10-20(2)17-26(30)28-23-14-13-22(4)25(29)18-23/h7,9-10,12-15,17-18,29H,8,11,16H2,1-6H3,(H,28,30)/b10-7+,15-12+,19-9+,20-17+. The number of nitrogens with one attached hydrogen (secondary N) is 1. The van der Waals surface area contributed by atoms with Gasteiger partial charge >= 0.3 is 0 Å². The van der Waals surface area contributed by atoms with Crippen molar-refractivity contribution in [3.63, 3.8) is 0 Å². The third-order valence-corrected chi connectivity index (χ3v) is 5.61. The number of allylic oxidation sites excluding steroid dienone is 9. The van der Waals surface area contributed by atoms with E-state index in [4.69, 9.17) is 0 Å². The molecular formula is C27H35NO2. The summed E-state index contributed by atoms with van der Waals surface area (Å²) in [6, 6.07) is 5.10. The van der Waals surface area contributed by atoms with Crippen LogP contribution in [0.15, 0.2) is 76.9 Å². The largest absolute Gasteiger partial charge is 0.508 e. The number of hydrogen-bond donors (Lipinski definition) is 2. The summed E-state index contributed by atoms with van der Waals surface area (Å²) in [5.74, 6) is -0.0485. The third kappa shape index (κ3) is 6.91. The lowest BCUT2D eigenvalue weighted by Gasteiger charge is -2.32. The van der Waals surface area contributed by atoms with Crippen molar-refractivity contribution in [2.75, 3.05) is 5.32 Å². The second kappa shape index (κ2) is 10.3. The lowest BCUT2D eigenvalue weighted by atomic mass is 9.72. The Labute approximate surface area is 181 Å². The van der Waals surface area contributed by atoms with Gasteiger partial charge in [-0.1, -0.05) is 61.4 Å². The zero-order valence-corrected chi connectivity index (χ0v) is 19.2. The molecule has 0 aromatic heterocycles. The van der Waals surface area contributed by atoms with Crippen LogP contribution in [0, 0.1) is 12.3 Å². The summed E-state index contributed by atoms with van der Waals surface area (Å²) in [5, 5.41) is 12.5. The van der Waals surface area contributed by atoms with Crippen LogP contribution in [-0.2, 0) is 4.79 Å². The van der Waals surface area contributed by atoms with Crippen LogP contribution in [0.4, 0.5) is 5.69 Å². The molecule has 160 valence electrons. The van der Waals surface area contributed by atoms with Gasteiger partial charge in [0.05, 0.1) is 0 Å². The summed E-state index contributed by atoms with van der Waals surface area (Å²) in [7, 11) is 0. The normalized spacial score (nSPS) is 17.8. The number of hydrogen-bond acceptors (Lipinski definition) is 2. The Morgan fingerprint density at radius 2 is 1.87 bits per heavy atom. The number of amides is 1. The first-order valence-electron chi connectivity index (χ1n) is 10.6. The van der Waals surface area contributed by atoms with Crippen molar-refractivity contribution in [1.29, 1.82) is 0 Å². The molecule has 0 fully saturated rings. The maximum absolute atomic E-state index is 12.2. The van der Waals surface area contributed by atoms with E-state index in [1.165, 1.54) is 36.0 Å². The van der Waals surface area contributed by atoms with E-state index >= 15 is 0 Å². The van der Waals surface area contributed by atoms with Crippen LogP contribution < -0.4 is 5.32 Å². The van der Waals surface area contributed by atoms with Gasteiger partial charge in [0, 0.05) is 17.8 Å². The van der Waals surface area contributed by atoms with E-state index in [-0.39, 0.29) is 17.1 Å². The fraction of sp³-hybridized carbons (Fsp3) is 0.370. The smallest absolute Gasteiger partial charge is 0.248 e. The highest BCUT2D eigenvalue weighted by molar-refractivity contribution is 6.00. The summed E-state index contributed by atoms with van der Waals surface area (Å²) in [5.41, 5.74) is 6.57. The summed E-state index contributed by atoms with van der Waals surface area (Å²) < 4.78 is 0. The molecule has 0 bridgehead atoms. The second-order valence-corrected chi connectivity index (χ2v) is 8.91. The lowest BCUT2D eigenvalue weighted by Crippen LogP contribution is -2.19. The first-order chi connectivity index (χ1) is 14.1. The van der Waals surface area contributed by atoms with E-state index in [2.05, 4.69) is 51.2 Å². The van der Waals surface area contributed by atoms with Crippen LogP contribution in [0.25, 0.3) is 0 Å². The molecule has 1 aromatic rings. The van der Waals surface area contributed by atoms with Gasteiger partial charge in [-0.3, -0.25) is 4.79 Å². The van der Waals surface area contributed by atoms with Gasteiger partial charge in [0.1, 0.15) is 5.75 Å². The number of carbonyl (C=O) groups excluding carboxylic acids is 1. The number of anilines is 1. The zero-order chi connectivity index (χ0) is 22.3. The fourth-order valence-electron chi connectivity index (χ4n) is 3.75. The van der Waals surface area contributed by atoms with E-state index in [1.54, 1.807) is 24.3 Å². The van der Waals surface area contributed by atoms with Gasteiger partial charge in [-0.2, -0.15) is 0 Å². The van der Waals surface area contributed by atoms with Crippen molar-refractivity contribution in [1.82, 2.24) is 0 Å². The Kier molecular flexibility index (Phi) is 8.05. The first-order valence-corrected chi connectivity index (χ1v) is 10.6. The molecule has 0 spiro atoms. The van der Waals surface area contributed by atoms with Crippen molar-refractivity contribution in [2.45, 2.75) is 60.8 Å². The van der Waals surface area contributed by atoms with Crippen LogP contribution in [0.2, 0.25) is 0 Å². The average molecular weight is 406 g/mol. The van der Waals surface area contributed by atoms with Crippen molar-refractivity contribution in [3.05, 3.63) is 82.5 Å².